The molecular weight excluding hydrogens is 230 g/mol. The van der Waals surface area contributed by atoms with Crippen molar-refractivity contribution in [1.29, 1.82) is 0 Å². The van der Waals surface area contributed by atoms with Crippen molar-refractivity contribution >= 4 is 11.8 Å². The van der Waals surface area contributed by atoms with Gasteiger partial charge in [0, 0.05) is 32.6 Å². The lowest BCUT2D eigenvalue weighted by Crippen LogP contribution is -2.60. The van der Waals surface area contributed by atoms with Crippen LogP contribution in [0.3, 0.4) is 0 Å². The van der Waals surface area contributed by atoms with Crippen LogP contribution in [0.2, 0.25) is 0 Å². The fraction of sp³-hybridized carbons (Fsp3) is 0.846. The van der Waals surface area contributed by atoms with Crippen molar-refractivity contribution in [3.8, 4) is 0 Å². The van der Waals surface area contributed by atoms with E-state index >= 15 is 0 Å². The molecule has 5 heteroatoms. The first-order valence-electron chi connectivity index (χ1n) is 6.68. The van der Waals surface area contributed by atoms with E-state index in [1.54, 1.807) is 4.90 Å². The first kappa shape index (κ1) is 16.9. The number of nitrogens with one attached hydrogen (secondary N) is 1. The molecule has 1 unspecified atom stereocenters. The van der Waals surface area contributed by atoms with Crippen LogP contribution in [0.25, 0.3) is 0 Å². The van der Waals surface area contributed by atoms with Crippen LogP contribution in [0, 0.1) is 0 Å². The van der Waals surface area contributed by atoms with Gasteiger partial charge in [-0.15, -0.1) is 0 Å². The fourth-order valence-corrected chi connectivity index (χ4v) is 1.90. The van der Waals surface area contributed by atoms with Gasteiger partial charge in [0.2, 0.25) is 11.8 Å². The van der Waals surface area contributed by atoms with Gasteiger partial charge in [0.05, 0.1) is 0 Å². The summed E-state index contributed by atoms with van der Waals surface area (Å²) in [7, 11) is 1.97. The van der Waals surface area contributed by atoms with Crippen LogP contribution in [-0.2, 0) is 9.59 Å². The second-order valence-corrected chi connectivity index (χ2v) is 4.65. The highest BCUT2D eigenvalue weighted by Gasteiger charge is 2.32. The minimum Gasteiger partial charge on any atom is -0.352 e. The highest BCUT2D eigenvalue weighted by Crippen LogP contribution is 2.09. The van der Waals surface area contributed by atoms with Crippen LogP contribution < -0.4 is 5.32 Å². The highest BCUT2D eigenvalue weighted by atomic mass is 16.2. The molecule has 5 nitrogen and oxygen atoms in total. The number of carbonyl (C=O) groups excluding carboxylic acids is 2. The Morgan fingerprint density at radius 2 is 1.78 bits per heavy atom. The van der Waals surface area contributed by atoms with Crippen molar-refractivity contribution in [2.24, 2.45) is 0 Å². The average molecular weight is 257 g/mol. The molecule has 0 aromatic heterocycles. The molecule has 0 aliphatic carbocycles. The molecular formula is C13H27N3O2. The molecule has 0 aromatic carbocycles. The van der Waals surface area contributed by atoms with Crippen molar-refractivity contribution in [2.45, 2.75) is 46.7 Å². The molecule has 0 aromatic rings. The molecule has 1 heterocycles. The first-order chi connectivity index (χ1) is 8.41. The van der Waals surface area contributed by atoms with Gasteiger partial charge in [-0.2, -0.15) is 0 Å². The monoisotopic (exact) mass is 257 g/mol. The molecule has 0 spiro atoms. The van der Waals surface area contributed by atoms with E-state index in [-0.39, 0.29) is 23.9 Å². The van der Waals surface area contributed by atoms with Gasteiger partial charge in [-0.3, -0.25) is 9.59 Å². The molecule has 1 N–H and O–H groups in total. The van der Waals surface area contributed by atoms with Crippen LogP contribution in [0.5, 0.6) is 0 Å². The molecule has 2 amide bonds. The molecule has 106 valence electrons. The zero-order chi connectivity index (χ0) is 14.3. The predicted molar refractivity (Wildman–Crippen MR) is 73.3 cm³/mol. The number of rotatable bonds is 2. The van der Waals surface area contributed by atoms with Gasteiger partial charge in [-0.05, 0) is 20.9 Å². The van der Waals surface area contributed by atoms with Crippen LogP contribution in [-0.4, -0.2) is 60.4 Å². The molecule has 1 rings (SSSR count). The molecule has 0 bridgehead atoms. The standard InChI is InChI=1S/C11H21N3O2.C2H6/c1-8(2)12-11(16)10-7-13(4)5-6-14(10)9(3)15;1-2/h8,10H,5-7H2,1-4H3,(H,12,16);1-2H3. The third kappa shape index (κ3) is 5.04. The van der Waals surface area contributed by atoms with Crippen LogP contribution in [0.4, 0.5) is 0 Å². The van der Waals surface area contributed by atoms with Crippen LogP contribution in [0.15, 0.2) is 0 Å². The maximum absolute atomic E-state index is 11.9. The molecule has 0 radical (unpaired) electrons. The zero-order valence-corrected chi connectivity index (χ0v) is 12.5. The van der Waals surface area contributed by atoms with Crippen molar-refractivity contribution in [3.63, 3.8) is 0 Å². The number of likely N-dealkylation sites (N-methyl/N-ethyl adjacent to an activating group) is 1. The average Bonchev–Trinajstić information content (AvgIpc) is 2.30. The SMILES string of the molecule is CC.CC(=O)N1CCN(C)CC1C(=O)NC(C)C. The number of carbonyl (C=O) groups is 2. The number of hydrogen-bond acceptors (Lipinski definition) is 3. The minimum atomic E-state index is -0.348. The summed E-state index contributed by atoms with van der Waals surface area (Å²) < 4.78 is 0. The van der Waals surface area contributed by atoms with E-state index in [1.807, 2.05) is 34.7 Å². The molecule has 1 aliphatic heterocycles. The topological polar surface area (TPSA) is 52.7 Å². The zero-order valence-electron chi connectivity index (χ0n) is 12.5. The molecule has 0 saturated carbocycles. The summed E-state index contributed by atoms with van der Waals surface area (Å²) in [5.41, 5.74) is 0. The second-order valence-electron chi connectivity index (χ2n) is 4.65. The lowest BCUT2D eigenvalue weighted by Gasteiger charge is -2.38. The van der Waals surface area contributed by atoms with E-state index < -0.39 is 0 Å². The Labute approximate surface area is 111 Å². The third-order valence-corrected chi connectivity index (χ3v) is 2.72. The van der Waals surface area contributed by atoms with E-state index in [1.165, 1.54) is 6.92 Å². The number of piperazine rings is 1. The second kappa shape index (κ2) is 8.08. The summed E-state index contributed by atoms with van der Waals surface area (Å²) in [6.07, 6.45) is 0. The summed E-state index contributed by atoms with van der Waals surface area (Å²) in [4.78, 5) is 27.1. The quantitative estimate of drug-likeness (QED) is 0.792. The molecule has 1 atom stereocenters. The van der Waals surface area contributed by atoms with Crippen LogP contribution in [0.1, 0.15) is 34.6 Å². The van der Waals surface area contributed by atoms with Crippen molar-refractivity contribution in [2.75, 3.05) is 26.7 Å². The summed E-state index contributed by atoms with van der Waals surface area (Å²) in [5.74, 6) is -0.0891. The first-order valence-corrected chi connectivity index (χ1v) is 6.68. The van der Waals surface area contributed by atoms with Crippen molar-refractivity contribution in [1.82, 2.24) is 15.1 Å². The van der Waals surface area contributed by atoms with Gasteiger partial charge in [-0.1, -0.05) is 13.8 Å². The van der Waals surface area contributed by atoms with Gasteiger partial charge in [0.25, 0.3) is 0 Å². The largest absolute Gasteiger partial charge is 0.352 e. The lowest BCUT2D eigenvalue weighted by atomic mass is 10.1. The van der Waals surface area contributed by atoms with Crippen LogP contribution >= 0.6 is 0 Å². The van der Waals surface area contributed by atoms with E-state index in [4.69, 9.17) is 0 Å². The Hall–Kier alpha value is -1.10. The fourth-order valence-electron chi connectivity index (χ4n) is 1.90. The van der Waals surface area contributed by atoms with E-state index in [9.17, 15) is 9.59 Å². The van der Waals surface area contributed by atoms with Crippen molar-refractivity contribution in [3.05, 3.63) is 0 Å². The molecule has 18 heavy (non-hydrogen) atoms. The Morgan fingerprint density at radius 1 is 1.22 bits per heavy atom. The molecule has 1 fully saturated rings. The Kier molecular flexibility index (Phi) is 7.59. The van der Waals surface area contributed by atoms with Gasteiger partial charge in [-0.25, -0.2) is 0 Å². The minimum absolute atomic E-state index is 0.0305. The Balaban J connectivity index is 0.00000137. The van der Waals surface area contributed by atoms with E-state index in [0.717, 1.165) is 6.54 Å². The van der Waals surface area contributed by atoms with Gasteiger partial charge >= 0.3 is 0 Å². The lowest BCUT2D eigenvalue weighted by molar-refractivity contribution is -0.142. The molecule has 1 aliphatic rings. The van der Waals surface area contributed by atoms with Crippen molar-refractivity contribution < 1.29 is 9.59 Å². The summed E-state index contributed by atoms with van der Waals surface area (Å²) in [6.45, 7) is 11.4. The normalized spacial score (nSPS) is 20.2. The maximum Gasteiger partial charge on any atom is 0.244 e. The van der Waals surface area contributed by atoms with Gasteiger partial charge in [0.1, 0.15) is 6.04 Å². The van der Waals surface area contributed by atoms with E-state index in [0.29, 0.717) is 13.1 Å². The summed E-state index contributed by atoms with van der Waals surface area (Å²) >= 11 is 0. The third-order valence-electron chi connectivity index (χ3n) is 2.72. The van der Waals surface area contributed by atoms with Gasteiger partial charge < -0.3 is 15.1 Å². The Bertz CT molecular complexity index is 279. The number of nitrogens with zero attached hydrogens (tertiary/aromatic N) is 2. The number of amides is 2. The molecule has 1 saturated heterocycles. The summed E-state index contributed by atoms with van der Waals surface area (Å²) in [6, 6.07) is -0.243. The predicted octanol–water partition coefficient (Wildman–Crippen LogP) is 0.700. The highest BCUT2D eigenvalue weighted by molar-refractivity contribution is 5.87. The maximum atomic E-state index is 11.9. The number of hydrogen-bond donors (Lipinski definition) is 1. The Morgan fingerprint density at radius 3 is 2.22 bits per heavy atom. The van der Waals surface area contributed by atoms with E-state index in [2.05, 4.69) is 10.2 Å². The smallest absolute Gasteiger partial charge is 0.244 e. The van der Waals surface area contributed by atoms with Gasteiger partial charge in [0.15, 0.2) is 0 Å². The summed E-state index contributed by atoms with van der Waals surface area (Å²) in [5, 5.41) is 2.86.